The third-order valence-electron chi connectivity index (χ3n) is 16.6. The van der Waals surface area contributed by atoms with Crippen LogP contribution in [0.15, 0.2) is 36.6 Å². The third-order valence-corrected chi connectivity index (χ3v) is 16.6. The van der Waals surface area contributed by atoms with Crippen molar-refractivity contribution in [2.75, 3.05) is 13.2 Å². The molecule has 0 bridgehead atoms. The monoisotopic (exact) mass is 707 g/mol. The summed E-state index contributed by atoms with van der Waals surface area (Å²) in [7, 11) is 0. The molecule has 0 spiro atoms. The Morgan fingerprint density at radius 2 is 1.57 bits per heavy atom. The molecule has 0 aliphatic heterocycles. The van der Waals surface area contributed by atoms with Gasteiger partial charge in [0.2, 0.25) is 0 Å². The maximum atomic E-state index is 11.6. The van der Waals surface area contributed by atoms with Crippen molar-refractivity contribution >= 4 is 12.4 Å². The zero-order chi connectivity index (χ0) is 37.6. The number of rotatable bonds is 14. The van der Waals surface area contributed by atoms with Crippen molar-refractivity contribution in [3.05, 3.63) is 36.6 Å². The van der Waals surface area contributed by atoms with Gasteiger partial charge in [-0.2, -0.15) is 0 Å². The topological polar surface area (TPSA) is 61.8 Å². The van der Waals surface area contributed by atoms with Crippen molar-refractivity contribution in [1.82, 2.24) is 0 Å². The van der Waals surface area contributed by atoms with Crippen LogP contribution in [0.4, 0.5) is 4.79 Å². The van der Waals surface area contributed by atoms with E-state index in [-0.39, 0.29) is 11.5 Å². The van der Waals surface area contributed by atoms with Gasteiger partial charge in [-0.25, -0.2) is 4.79 Å². The average molecular weight is 707 g/mol. The first-order valence-electron chi connectivity index (χ1n) is 20.7. The van der Waals surface area contributed by atoms with Crippen LogP contribution < -0.4 is 0 Å². The molecule has 5 aliphatic carbocycles. The molecule has 0 N–H and O–H groups in total. The summed E-state index contributed by atoms with van der Waals surface area (Å²) < 4.78 is 16.8. The fraction of sp³-hybridized carbons (Fsp3) is 0.826. The molecule has 0 saturated heterocycles. The van der Waals surface area contributed by atoms with E-state index in [2.05, 4.69) is 61.3 Å². The quantitative estimate of drug-likeness (QED) is 0.0591. The smallest absolute Gasteiger partial charge is 0.495 e. The Bertz CT molecular complexity index is 1340. The van der Waals surface area contributed by atoms with E-state index in [0.29, 0.717) is 59.0 Å². The molecule has 5 aliphatic rings. The molecule has 0 aromatic rings. The van der Waals surface area contributed by atoms with Crippen molar-refractivity contribution in [2.45, 2.75) is 165 Å². The third kappa shape index (κ3) is 7.16. The largest absolute Gasteiger partial charge is 0.508 e. The summed E-state index contributed by atoms with van der Waals surface area (Å²) in [6.45, 7) is 35.3. The van der Waals surface area contributed by atoms with Crippen LogP contribution in [0.3, 0.4) is 0 Å². The van der Waals surface area contributed by atoms with Gasteiger partial charge in [-0.3, -0.25) is 0 Å². The Labute approximate surface area is 312 Å². The Balaban J connectivity index is 1.32. The van der Waals surface area contributed by atoms with Crippen molar-refractivity contribution in [2.24, 2.45) is 62.1 Å². The number of fused-ring (bicyclic) bond motifs is 7. The molecular formula is C46H74O5. The molecule has 3 unspecified atom stereocenters. The second-order valence-electron chi connectivity index (χ2n) is 20.2. The molecule has 51 heavy (non-hydrogen) atoms. The Morgan fingerprint density at radius 1 is 0.843 bits per heavy atom. The van der Waals surface area contributed by atoms with Crippen LogP contribution in [0.25, 0.3) is 0 Å². The van der Waals surface area contributed by atoms with E-state index in [1.54, 1.807) is 6.92 Å². The van der Waals surface area contributed by atoms with Crippen LogP contribution in [0.5, 0.6) is 0 Å². The summed E-state index contributed by atoms with van der Waals surface area (Å²) in [4.78, 5) is 23.2. The maximum Gasteiger partial charge on any atom is 0.508 e. The fourth-order valence-electron chi connectivity index (χ4n) is 13.9. The first-order chi connectivity index (χ1) is 23.8. The predicted octanol–water partition coefficient (Wildman–Crippen LogP) is 12.4. The van der Waals surface area contributed by atoms with Crippen molar-refractivity contribution in [3.8, 4) is 0 Å². The van der Waals surface area contributed by atoms with E-state index in [1.165, 1.54) is 75.4 Å². The maximum absolute atomic E-state index is 11.6. The molecule has 0 aromatic carbocycles. The normalized spacial score (nSPS) is 39.7. The van der Waals surface area contributed by atoms with Crippen LogP contribution in [-0.2, 0) is 19.0 Å². The lowest BCUT2D eigenvalue weighted by Gasteiger charge is -2.73. The Morgan fingerprint density at radius 3 is 2.24 bits per heavy atom. The summed E-state index contributed by atoms with van der Waals surface area (Å²) in [5.41, 5.74) is 3.61. The van der Waals surface area contributed by atoms with Gasteiger partial charge in [0.25, 0.3) is 0 Å². The van der Waals surface area contributed by atoms with Crippen molar-refractivity contribution in [3.63, 3.8) is 0 Å². The molecule has 288 valence electrons. The summed E-state index contributed by atoms with van der Waals surface area (Å²) in [5.74, 6) is 4.16. The minimum atomic E-state index is -0.568. The number of allylic oxidation sites excluding steroid dienone is 3. The lowest BCUT2D eigenvalue weighted by Crippen LogP contribution is -2.66. The highest BCUT2D eigenvalue weighted by Gasteiger charge is 2.71. The summed E-state index contributed by atoms with van der Waals surface area (Å²) >= 11 is 0. The summed E-state index contributed by atoms with van der Waals surface area (Å²) in [6.07, 6.45) is 18.0. The molecular weight excluding hydrogens is 633 g/mol. The van der Waals surface area contributed by atoms with Crippen LogP contribution in [0.1, 0.15) is 159 Å². The van der Waals surface area contributed by atoms with E-state index in [4.69, 9.17) is 14.2 Å². The fourth-order valence-corrected chi connectivity index (χ4v) is 13.9. The number of ether oxygens (including phenoxy) is 3. The number of carbonyl (C=O) groups excluding carboxylic acids is 2. The van der Waals surface area contributed by atoms with Gasteiger partial charge >= 0.3 is 6.16 Å². The zero-order valence-corrected chi connectivity index (χ0v) is 34.2. The molecule has 10 atom stereocenters. The molecule has 0 amide bonds. The Hall–Kier alpha value is -2.04. The van der Waals surface area contributed by atoms with Gasteiger partial charge in [-0.15, -0.1) is 0 Å². The molecule has 0 radical (unpaired) electrons. The van der Waals surface area contributed by atoms with E-state index in [0.717, 1.165) is 49.6 Å². The molecule has 5 nitrogen and oxygen atoms in total. The zero-order valence-electron chi connectivity index (χ0n) is 34.2. The molecule has 5 saturated carbocycles. The highest BCUT2D eigenvalue weighted by atomic mass is 16.7. The van der Waals surface area contributed by atoms with Gasteiger partial charge in [-0.05, 0) is 155 Å². The van der Waals surface area contributed by atoms with Crippen LogP contribution in [0, 0.1) is 62.1 Å². The minimum Gasteiger partial charge on any atom is -0.495 e. The lowest BCUT2D eigenvalue weighted by molar-refractivity contribution is -0.249. The number of hydrogen-bond acceptors (Lipinski definition) is 5. The van der Waals surface area contributed by atoms with Crippen molar-refractivity contribution < 1.29 is 23.8 Å². The van der Waals surface area contributed by atoms with Gasteiger partial charge in [0.15, 0.2) is 0 Å². The molecule has 0 aromatic heterocycles. The van der Waals surface area contributed by atoms with Crippen LogP contribution >= 0.6 is 0 Å². The standard InChI is InChI=1S/C46H74O5/c1-13-49-40(48)50-28-14-15-32(4)18-24-46-25-19-34(31(2)3)39(46)35-16-17-37-43(10)22-21-38(51-33(5)29-41(6,7)30-47)42(8,9)36(43)20-23-45(37,12)44(35,11)26-27-46/h30,34-39H,2,4-5,13-29H2,1,3,6-12H3/t34-,35?,36-,37+,38?,39+,43-,44+,45+,46?/m0/s1. The molecule has 5 fully saturated rings. The van der Waals surface area contributed by atoms with Gasteiger partial charge in [0.1, 0.15) is 12.4 Å². The van der Waals surface area contributed by atoms with Gasteiger partial charge < -0.3 is 19.0 Å². The average Bonchev–Trinajstić information content (AvgIpc) is 3.44. The van der Waals surface area contributed by atoms with E-state index >= 15 is 0 Å². The van der Waals surface area contributed by atoms with Crippen LogP contribution in [-0.4, -0.2) is 31.8 Å². The summed E-state index contributed by atoms with van der Waals surface area (Å²) in [6, 6.07) is 0. The van der Waals surface area contributed by atoms with Gasteiger partial charge in [-0.1, -0.05) is 79.3 Å². The first kappa shape index (κ1) is 40.2. The SMILES string of the molecule is C=C(CCCOC(=O)OCC)CCC12CC[C@@H](C(=C)C)[C@@H]1C1CC[C@@H]3[C@@]4(C)CCC(OC(=C)CC(C)(C)C=O)C(C)(C)[C@@H]4CC[C@@]3(C)[C@]1(C)CC2. The highest BCUT2D eigenvalue weighted by molar-refractivity contribution is 5.59. The first-order valence-corrected chi connectivity index (χ1v) is 20.7. The van der Waals surface area contributed by atoms with Crippen molar-refractivity contribution in [1.29, 1.82) is 0 Å². The second kappa shape index (κ2) is 14.7. The second-order valence-corrected chi connectivity index (χ2v) is 20.2. The minimum absolute atomic E-state index is 0.0475. The molecule has 0 heterocycles. The number of carbonyl (C=O) groups is 2. The molecule has 5 rings (SSSR count). The number of aldehydes is 1. The van der Waals surface area contributed by atoms with E-state index < -0.39 is 11.6 Å². The van der Waals surface area contributed by atoms with E-state index in [9.17, 15) is 9.59 Å². The van der Waals surface area contributed by atoms with E-state index in [1.807, 2.05) is 13.8 Å². The van der Waals surface area contributed by atoms with Gasteiger partial charge in [0, 0.05) is 17.3 Å². The van der Waals surface area contributed by atoms with Gasteiger partial charge in [0.05, 0.1) is 19.0 Å². The van der Waals surface area contributed by atoms with Crippen LogP contribution in [0.2, 0.25) is 0 Å². The predicted molar refractivity (Wildman–Crippen MR) is 208 cm³/mol. The number of hydrogen-bond donors (Lipinski definition) is 0. The summed E-state index contributed by atoms with van der Waals surface area (Å²) in [5, 5.41) is 0. The highest BCUT2D eigenvalue weighted by Crippen LogP contribution is 2.78. The lowest BCUT2D eigenvalue weighted by atomic mass is 9.32. The Kier molecular flexibility index (Phi) is 11.5. The molecule has 5 heteroatoms.